The van der Waals surface area contributed by atoms with Crippen LogP contribution in [0.5, 0.6) is 0 Å². The van der Waals surface area contributed by atoms with Crippen LogP contribution in [0.3, 0.4) is 0 Å². The zero-order valence-electron chi connectivity index (χ0n) is 11.8. The summed E-state index contributed by atoms with van der Waals surface area (Å²) in [5.41, 5.74) is -0.473. The van der Waals surface area contributed by atoms with E-state index in [1.807, 2.05) is 0 Å². The van der Waals surface area contributed by atoms with Gasteiger partial charge in [0.2, 0.25) is 0 Å². The van der Waals surface area contributed by atoms with E-state index in [2.05, 4.69) is 5.32 Å². The Kier molecular flexibility index (Phi) is 3.88. The molecule has 8 heteroatoms. The Hall–Kier alpha value is -1.41. The fraction of sp³-hybridized carbons (Fsp3) is 0.462. The third-order valence-corrected chi connectivity index (χ3v) is 6.49. The third kappa shape index (κ3) is 3.82. The van der Waals surface area contributed by atoms with Crippen molar-refractivity contribution in [3.63, 3.8) is 0 Å². The number of nitrogens with one attached hydrogen (secondary N) is 1. The van der Waals surface area contributed by atoms with E-state index < -0.39 is 31.1 Å². The normalized spacial score (nSPS) is 24.7. The van der Waals surface area contributed by atoms with E-state index in [1.54, 1.807) is 6.92 Å². The van der Waals surface area contributed by atoms with Crippen molar-refractivity contribution in [1.82, 2.24) is 5.32 Å². The lowest BCUT2D eigenvalue weighted by Crippen LogP contribution is -2.46. The molecule has 1 saturated heterocycles. The zero-order valence-corrected chi connectivity index (χ0v) is 13.4. The molecule has 1 aliphatic heterocycles. The first-order valence-corrected chi connectivity index (χ1v) is 10.1. The second-order valence-electron chi connectivity index (χ2n) is 5.65. The molecule has 6 nitrogen and oxygen atoms in total. The van der Waals surface area contributed by atoms with Crippen molar-refractivity contribution in [3.8, 4) is 0 Å². The Morgan fingerprint density at radius 1 is 1.24 bits per heavy atom. The monoisotopic (exact) mass is 331 g/mol. The number of hydrogen-bond acceptors (Lipinski definition) is 5. The van der Waals surface area contributed by atoms with Gasteiger partial charge in [-0.25, -0.2) is 16.8 Å². The number of carbonyl (C=O) groups is 1. The van der Waals surface area contributed by atoms with Crippen molar-refractivity contribution in [2.75, 3.05) is 17.8 Å². The van der Waals surface area contributed by atoms with E-state index in [0.717, 1.165) is 6.26 Å². The predicted octanol–water partition coefficient (Wildman–Crippen LogP) is 0.397. The van der Waals surface area contributed by atoms with E-state index in [9.17, 15) is 21.6 Å². The van der Waals surface area contributed by atoms with Crippen molar-refractivity contribution in [2.45, 2.75) is 23.8 Å². The quantitative estimate of drug-likeness (QED) is 0.864. The number of benzene rings is 1. The van der Waals surface area contributed by atoms with Crippen LogP contribution in [0.4, 0.5) is 0 Å². The van der Waals surface area contributed by atoms with Crippen LogP contribution in [0.2, 0.25) is 0 Å². The average Bonchev–Trinajstić information content (AvgIpc) is 2.62. The maximum absolute atomic E-state index is 12.1. The van der Waals surface area contributed by atoms with Crippen LogP contribution in [-0.2, 0) is 19.7 Å². The molecule has 0 unspecified atom stereocenters. The minimum Gasteiger partial charge on any atom is -0.346 e. The van der Waals surface area contributed by atoms with Gasteiger partial charge in [0.15, 0.2) is 19.7 Å². The largest absolute Gasteiger partial charge is 0.346 e. The molecule has 2 rings (SSSR count). The van der Waals surface area contributed by atoms with Gasteiger partial charge in [0.1, 0.15) is 0 Å². The average molecular weight is 331 g/mol. The lowest BCUT2D eigenvalue weighted by atomic mass is 10.0. The Morgan fingerprint density at radius 3 is 2.24 bits per heavy atom. The Balaban J connectivity index is 2.15. The van der Waals surface area contributed by atoms with Gasteiger partial charge in [0, 0.05) is 11.8 Å². The fourth-order valence-electron chi connectivity index (χ4n) is 2.31. The van der Waals surface area contributed by atoms with Crippen LogP contribution in [0.1, 0.15) is 23.7 Å². The van der Waals surface area contributed by atoms with Crippen molar-refractivity contribution in [2.24, 2.45) is 0 Å². The highest BCUT2D eigenvalue weighted by molar-refractivity contribution is 7.91. The van der Waals surface area contributed by atoms with Crippen molar-refractivity contribution >= 4 is 25.6 Å². The van der Waals surface area contributed by atoms with E-state index in [-0.39, 0.29) is 16.4 Å². The molecule has 0 radical (unpaired) electrons. The van der Waals surface area contributed by atoms with Crippen LogP contribution >= 0.6 is 0 Å². The second-order valence-corrected chi connectivity index (χ2v) is 9.85. The van der Waals surface area contributed by atoms with Crippen LogP contribution in [0.25, 0.3) is 0 Å². The highest BCUT2D eigenvalue weighted by Crippen LogP contribution is 2.23. The van der Waals surface area contributed by atoms with Crippen LogP contribution in [-0.4, -0.2) is 46.0 Å². The standard InChI is InChI=1S/C13H17NO5S2/c1-13(7-8-21(18,19)9-13)14-12(15)10-3-5-11(6-4-10)20(2,16)17/h3-6H,7-9H2,1-2H3,(H,14,15)/t13-/m1/s1. The number of carbonyl (C=O) groups excluding carboxylic acids is 1. The summed E-state index contributed by atoms with van der Waals surface area (Å²) in [5.74, 6) is -0.418. The molecule has 1 N–H and O–H groups in total. The van der Waals surface area contributed by atoms with Crippen LogP contribution < -0.4 is 5.32 Å². The van der Waals surface area contributed by atoms with Crippen LogP contribution in [0.15, 0.2) is 29.2 Å². The third-order valence-electron chi connectivity index (χ3n) is 3.46. The molecule has 1 heterocycles. The van der Waals surface area contributed by atoms with E-state index >= 15 is 0 Å². The fourth-order valence-corrected chi connectivity index (χ4v) is 5.03. The summed E-state index contributed by atoms with van der Waals surface area (Å²) in [4.78, 5) is 12.3. The van der Waals surface area contributed by atoms with E-state index in [4.69, 9.17) is 0 Å². The molecular weight excluding hydrogens is 314 g/mol. The summed E-state index contributed by atoms with van der Waals surface area (Å²) >= 11 is 0. The summed E-state index contributed by atoms with van der Waals surface area (Å²) in [5, 5.41) is 2.72. The minimum absolute atomic E-state index is 0.0663. The Morgan fingerprint density at radius 2 is 1.81 bits per heavy atom. The number of hydrogen-bond donors (Lipinski definition) is 1. The highest BCUT2D eigenvalue weighted by atomic mass is 32.2. The number of rotatable bonds is 3. The Bertz CT molecular complexity index is 765. The van der Waals surface area contributed by atoms with Gasteiger partial charge in [-0.2, -0.15) is 0 Å². The molecule has 1 aromatic carbocycles. The van der Waals surface area contributed by atoms with E-state index in [1.165, 1.54) is 24.3 Å². The van der Waals surface area contributed by atoms with E-state index in [0.29, 0.717) is 12.0 Å². The van der Waals surface area contributed by atoms with Gasteiger partial charge in [-0.1, -0.05) is 0 Å². The predicted molar refractivity (Wildman–Crippen MR) is 78.7 cm³/mol. The molecule has 21 heavy (non-hydrogen) atoms. The summed E-state index contributed by atoms with van der Waals surface area (Å²) in [7, 11) is -6.41. The molecule has 0 bridgehead atoms. The molecule has 0 spiro atoms. The van der Waals surface area contributed by atoms with Gasteiger partial charge in [-0.15, -0.1) is 0 Å². The number of amides is 1. The van der Waals surface area contributed by atoms with Gasteiger partial charge in [0.25, 0.3) is 5.91 Å². The summed E-state index contributed by atoms with van der Waals surface area (Å²) < 4.78 is 45.7. The highest BCUT2D eigenvalue weighted by Gasteiger charge is 2.39. The van der Waals surface area contributed by atoms with Crippen molar-refractivity contribution in [1.29, 1.82) is 0 Å². The lowest BCUT2D eigenvalue weighted by Gasteiger charge is -2.23. The summed E-state index contributed by atoms with van der Waals surface area (Å²) in [6.45, 7) is 1.69. The molecular formula is C13H17NO5S2. The Labute approximate surface area is 124 Å². The van der Waals surface area contributed by atoms with Gasteiger partial charge in [0.05, 0.1) is 21.9 Å². The van der Waals surface area contributed by atoms with Crippen LogP contribution in [0, 0.1) is 0 Å². The van der Waals surface area contributed by atoms with Gasteiger partial charge < -0.3 is 5.32 Å². The molecule has 1 aromatic rings. The van der Waals surface area contributed by atoms with Crippen molar-refractivity contribution in [3.05, 3.63) is 29.8 Å². The lowest BCUT2D eigenvalue weighted by molar-refractivity contribution is 0.0915. The zero-order chi connectivity index (χ0) is 15.9. The molecule has 1 aliphatic rings. The second kappa shape index (κ2) is 5.10. The van der Waals surface area contributed by atoms with Crippen molar-refractivity contribution < 1.29 is 21.6 Å². The summed E-state index contributed by atoms with van der Waals surface area (Å²) in [6.07, 6.45) is 1.47. The molecule has 0 aliphatic carbocycles. The number of sulfone groups is 2. The van der Waals surface area contributed by atoms with Gasteiger partial charge in [-0.05, 0) is 37.6 Å². The van der Waals surface area contributed by atoms with Gasteiger partial charge in [-0.3, -0.25) is 4.79 Å². The topological polar surface area (TPSA) is 97.4 Å². The minimum atomic E-state index is -3.31. The maximum Gasteiger partial charge on any atom is 0.251 e. The smallest absolute Gasteiger partial charge is 0.251 e. The first kappa shape index (κ1) is 16.0. The SMILES string of the molecule is C[C@@]1(NC(=O)c2ccc(S(C)(=O)=O)cc2)CCS(=O)(=O)C1. The summed E-state index contributed by atoms with van der Waals surface area (Å²) in [6, 6.07) is 5.55. The first-order chi connectivity index (χ1) is 9.51. The molecule has 1 fully saturated rings. The molecule has 0 saturated carbocycles. The van der Waals surface area contributed by atoms with Gasteiger partial charge >= 0.3 is 0 Å². The first-order valence-electron chi connectivity index (χ1n) is 6.34. The molecule has 116 valence electrons. The molecule has 1 amide bonds. The maximum atomic E-state index is 12.1. The molecule has 1 atom stereocenters. The molecule has 0 aromatic heterocycles.